The third-order valence-electron chi connectivity index (χ3n) is 6.37. The Morgan fingerprint density at radius 1 is 1.09 bits per heavy atom. The van der Waals surface area contributed by atoms with Gasteiger partial charge < -0.3 is 19.9 Å². The summed E-state index contributed by atoms with van der Waals surface area (Å²) in [5.74, 6) is 0.261. The number of hydrogen-bond donors (Lipinski definition) is 3. The number of likely N-dealkylation sites (N-methyl/N-ethyl adjacent to an activating group) is 1. The Labute approximate surface area is 250 Å². The van der Waals surface area contributed by atoms with Crippen LogP contribution in [0.2, 0.25) is 0 Å². The number of nitrogens with one attached hydrogen (secondary N) is 2. The number of ether oxygens (including phenoxy) is 2. The van der Waals surface area contributed by atoms with E-state index < -0.39 is 52.6 Å². The average molecular weight is 623 g/mol. The van der Waals surface area contributed by atoms with Crippen molar-refractivity contribution in [1.29, 1.82) is 0 Å². The molecule has 0 radical (unpaired) electrons. The molecule has 1 aliphatic heterocycles. The SMILES string of the molecule is C#CCCC(=O)N(NC(=O)CNC)[C@@H](Cc1ccccc1)[C@H](O)CN(CC(C)C)S(=O)(=O)c1ccc2c(c1)OC(F)(F)O2. The molecule has 1 heterocycles. The highest BCUT2D eigenvalue weighted by molar-refractivity contribution is 7.89. The van der Waals surface area contributed by atoms with Crippen LogP contribution in [0, 0.1) is 18.3 Å². The van der Waals surface area contributed by atoms with E-state index in [0.717, 1.165) is 27.5 Å². The van der Waals surface area contributed by atoms with E-state index in [9.17, 15) is 31.9 Å². The predicted molar refractivity (Wildman–Crippen MR) is 153 cm³/mol. The summed E-state index contributed by atoms with van der Waals surface area (Å²) >= 11 is 0. The molecule has 0 aromatic heterocycles. The molecule has 0 spiro atoms. The number of nitrogens with zero attached hydrogens (tertiary/aromatic N) is 2. The number of aliphatic hydroxyl groups excluding tert-OH is 1. The van der Waals surface area contributed by atoms with Gasteiger partial charge in [-0.3, -0.25) is 15.0 Å². The van der Waals surface area contributed by atoms with Gasteiger partial charge in [-0.2, -0.15) is 4.31 Å². The lowest BCUT2D eigenvalue weighted by atomic mass is 9.99. The first-order valence-corrected chi connectivity index (χ1v) is 15.0. The molecular weight excluding hydrogens is 586 g/mol. The highest BCUT2D eigenvalue weighted by atomic mass is 32.2. The number of hydrogen-bond acceptors (Lipinski definition) is 8. The largest absolute Gasteiger partial charge is 0.586 e. The molecule has 0 aliphatic carbocycles. The summed E-state index contributed by atoms with van der Waals surface area (Å²) in [6.45, 7) is 2.85. The first-order chi connectivity index (χ1) is 20.3. The second-order valence-electron chi connectivity index (χ2n) is 10.3. The van der Waals surface area contributed by atoms with E-state index in [4.69, 9.17) is 6.42 Å². The molecule has 3 rings (SSSR count). The molecule has 11 nitrogen and oxygen atoms in total. The van der Waals surface area contributed by atoms with Gasteiger partial charge in [0.15, 0.2) is 11.5 Å². The quantitative estimate of drug-likeness (QED) is 0.215. The number of rotatable bonds is 14. The molecule has 43 heavy (non-hydrogen) atoms. The second-order valence-corrected chi connectivity index (χ2v) is 12.3. The van der Waals surface area contributed by atoms with Crippen molar-refractivity contribution in [3.8, 4) is 23.8 Å². The standard InChI is InChI=1S/C29H36F2N4O7S/c1-5-6-12-28(38)35(33-27(37)17-32-4)23(15-21-10-8-7-9-11-21)24(36)19-34(18-20(2)3)43(39,40)22-13-14-25-26(16-22)42-29(30,31)41-25/h1,7-11,13-14,16,20,23-24,32,36H,6,12,15,17-19H2,2-4H3,(H,33,37)/t23-,24+/m0/s1. The summed E-state index contributed by atoms with van der Waals surface area (Å²) in [6, 6.07) is 10.8. The molecule has 0 bridgehead atoms. The topological polar surface area (TPSA) is 138 Å². The predicted octanol–water partition coefficient (Wildman–Crippen LogP) is 2.12. The summed E-state index contributed by atoms with van der Waals surface area (Å²) < 4.78 is 64.6. The van der Waals surface area contributed by atoms with Gasteiger partial charge in [0.2, 0.25) is 15.9 Å². The lowest BCUT2D eigenvalue weighted by Crippen LogP contribution is -2.60. The number of carbonyl (C=O) groups excluding carboxylic acids is 2. The van der Waals surface area contributed by atoms with Crippen LogP contribution in [0.25, 0.3) is 0 Å². The van der Waals surface area contributed by atoms with E-state index in [0.29, 0.717) is 5.56 Å². The van der Waals surface area contributed by atoms with Crippen LogP contribution in [0.3, 0.4) is 0 Å². The van der Waals surface area contributed by atoms with Gasteiger partial charge in [0.05, 0.1) is 23.6 Å². The monoisotopic (exact) mass is 622 g/mol. The number of fused-ring (bicyclic) bond motifs is 1. The van der Waals surface area contributed by atoms with Gasteiger partial charge in [-0.25, -0.2) is 13.4 Å². The zero-order chi connectivity index (χ0) is 31.8. The van der Waals surface area contributed by atoms with Crippen molar-refractivity contribution in [3.63, 3.8) is 0 Å². The molecule has 0 saturated carbocycles. The summed E-state index contributed by atoms with van der Waals surface area (Å²) in [6.07, 6.45) is -0.110. The van der Waals surface area contributed by atoms with Crippen LogP contribution in [-0.2, 0) is 26.0 Å². The van der Waals surface area contributed by atoms with E-state index in [1.165, 1.54) is 0 Å². The fourth-order valence-corrected chi connectivity index (χ4v) is 6.10. The molecule has 234 valence electrons. The molecule has 0 saturated heterocycles. The summed E-state index contributed by atoms with van der Waals surface area (Å²) in [4.78, 5) is 25.5. The van der Waals surface area contributed by atoms with E-state index in [1.54, 1.807) is 51.2 Å². The summed E-state index contributed by atoms with van der Waals surface area (Å²) in [7, 11) is -2.83. The minimum atomic E-state index is -4.38. The first-order valence-electron chi connectivity index (χ1n) is 13.6. The average Bonchev–Trinajstić information content (AvgIpc) is 3.26. The number of aliphatic hydroxyl groups is 1. The summed E-state index contributed by atoms with van der Waals surface area (Å²) in [5, 5.41) is 15.3. The van der Waals surface area contributed by atoms with Crippen molar-refractivity contribution in [1.82, 2.24) is 20.1 Å². The zero-order valence-electron chi connectivity index (χ0n) is 24.1. The van der Waals surface area contributed by atoms with E-state index in [-0.39, 0.29) is 48.9 Å². The minimum Gasteiger partial charge on any atom is -0.395 e. The van der Waals surface area contributed by atoms with Gasteiger partial charge in [-0.05, 0) is 37.1 Å². The smallest absolute Gasteiger partial charge is 0.395 e. The van der Waals surface area contributed by atoms with Crippen molar-refractivity contribution in [3.05, 3.63) is 54.1 Å². The van der Waals surface area contributed by atoms with Crippen LogP contribution in [0.15, 0.2) is 53.4 Å². The number of hydrazine groups is 1. The molecule has 3 N–H and O–H groups in total. The third-order valence-corrected chi connectivity index (χ3v) is 8.20. The van der Waals surface area contributed by atoms with Crippen molar-refractivity contribution in [2.75, 3.05) is 26.7 Å². The number of sulfonamides is 1. The van der Waals surface area contributed by atoms with Gasteiger partial charge >= 0.3 is 6.29 Å². The molecule has 0 fully saturated rings. The van der Waals surface area contributed by atoms with Gasteiger partial charge in [-0.15, -0.1) is 21.1 Å². The van der Waals surface area contributed by atoms with Crippen LogP contribution < -0.4 is 20.2 Å². The van der Waals surface area contributed by atoms with Crippen LogP contribution in [0.4, 0.5) is 8.78 Å². The third kappa shape index (κ3) is 9.11. The molecule has 2 atom stereocenters. The number of terminal acetylenes is 1. The number of benzene rings is 2. The summed E-state index contributed by atoms with van der Waals surface area (Å²) in [5.41, 5.74) is 3.24. The second kappa shape index (κ2) is 14.6. The Bertz CT molecular complexity index is 1420. The van der Waals surface area contributed by atoms with Gasteiger partial charge in [0.1, 0.15) is 0 Å². The van der Waals surface area contributed by atoms with Gasteiger partial charge in [0.25, 0.3) is 5.91 Å². The Hall–Kier alpha value is -3.77. The molecular formula is C29H36F2N4O7S. The maximum Gasteiger partial charge on any atom is 0.586 e. The Morgan fingerprint density at radius 3 is 2.40 bits per heavy atom. The number of alkyl halides is 2. The fraction of sp³-hybridized carbons (Fsp3) is 0.448. The molecule has 0 unspecified atom stereocenters. The van der Waals surface area contributed by atoms with E-state index in [2.05, 4.69) is 26.1 Å². The van der Waals surface area contributed by atoms with E-state index in [1.807, 2.05) is 0 Å². The molecule has 2 aromatic carbocycles. The minimum absolute atomic E-state index is 0.0539. The van der Waals surface area contributed by atoms with Crippen LogP contribution >= 0.6 is 0 Å². The highest BCUT2D eigenvalue weighted by Crippen LogP contribution is 2.42. The maximum absolute atomic E-state index is 13.8. The number of carbonyl (C=O) groups is 2. The Balaban J connectivity index is 2.00. The highest BCUT2D eigenvalue weighted by Gasteiger charge is 2.44. The molecule has 14 heteroatoms. The van der Waals surface area contributed by atoms with Gasteiger partial charge in [-0.1, -0.05) is 44.2 Å². The zero-order valence-corrected chi connectivity index (χ0v) is 24.9. The number of amides is 2. The van der Waals surface area contributed by atoms with Gasteiger partial charge in [0, 0.05) is 32.0 Å². The Kier molecular flexibility index (Phi) is 11.5. The molecule has 2 aromatic rings. The lowest BCUT2D eigenvalue weighted by Gasteiger charge is -2.37. The normalized spacial score (nSPS) is 15.1. The first kappa shape index (κ1) is 33.7. The van der Waals surface area contributed by atoms with Crippen LogP contribution in [-0.4, -0.2) is 79.8 Å². The van der Waals surface area contributed by atoms with Crippen LogP contribution in [0.1, 0.15) is 32.3 Å². The van der Waals surface area contributed by atoms with E-state index >= 15 is 0 Å². The fourth-order valence-electron chi connectivity index (χ4n) is 4.47. The van der Waals surface area contributed by atoms with Crippen molar-refractivity contribution in [2.45, 2.75) is 56.4 Å². The number of halogens is 2. The lowest BCUT2D eigenvalue weighted by molar-refractivity contribution is -0.286. The van der Waals surface area contributed by atoms with Crippen molar-refractivity contribution >= 4 is 21.8 Å². The Morgan fingerprint density at radius 2 is 1.77 bits per heavy atom. The van der Waals surface area contributed by atoms with Crippen molar-refractivity contribution < 1.29 is 41.4 Å². The molecule has 2 amide bonds. The van der Waals surface area contributed by atoms with Crippen LogP contribution in [0.5, 0.6) is 11.5 Å². The molecule has 1 aliphatic rings. The maximum atomic E-state index is 13.8. The van der Waals surface area contributed by atoms with Crippen molar-refractivity contribution in [2.24, 2.45) is 5.92 Å².